The molecule has 2 N–H and O–H groups in total. The molecule has 0 saturated carbocycles. The van der Waals surface area contributed by atoms with Crippen LogP contribution < -0.4 is 10.9 Å². The molecule has 2 atom stereocenters. The Morgan fingerprint density at radius 2 is 2.45 bits per heavy atom. The number of aromatic amines is 1. The van der Waals surface area contributed by atoms with Crippen molar-refractivity contribution in [3.05, 3.63) is 33.2 Å². The largest absolute Gasteiger partial charge is 0.379 e. The minimum Gasteiger partial charge on any atom is -0.379 e. The zero-order chi connectivity index (χ0) is 14.5. The fraction of sp³-hybridized carbons (Fsp3) is 0.538. The predicted octanol–water partition coefficient (Wildman–Crippen LogP) is 0.952. The number of ether oxygens (including phenoxy) is 2. The molecule has 0 aromatic carbocycles. The molecule has 1 aliphatic rings. The molecule has 0 aliphatic carbocycles. The van der Waals surface area contributed by atoms with E-state index in [2.05, 4.69) is 10.3 Å². The van der Waals surface area contributed by atoms with Crippen LogP contribution in [0.15, 0.2) is 17.1 Å². The topological polar surface area (TPSA) is 80.4 Å². The van der Waals surface area contributed by atoms with Crippen LogP contribution in [-0.2, 0) is 9.47 Å². The Morgan fingerprint density at radius 1 is 1.65 bits per heavy atom. The van der Waals surface area contributed by atoms with Gasteiger partial charge in [-0.15, -0.1) is 0 Å². The highest BCUT2D eigenvalue weighted by atomic mass is 35.5. The van der Waals surface area contributed by atoms with E-state index in [-0.39, 0.29) is 23.1 Å². The summed E-state index contributed by atoms with van der Waals surface area (Å²) in [4.78, 5) is 25.7. The van der Waals surface area contributed by atoms with E-state index < -0.39 is 5.56 Å². The van der Waals surface area contributed by atoms with Crippen LogP contribution in [0.25, 0.3) is 0 Å². The lowest BCUT2D eigenvalue weighted by Crippen LogP contribution is -2.50. The monoisotopic (exact) mass is 300 g/mol. The zero-order valence-electron chi connectivity index (χ0n) is 11.1. The molecule has 0 radical (unpaired) electrons. The van der Waals surface area contributed by atoms with Crippen molar-refractivity contribution in [3.8, 4) is 0 Å². The fourth-order valence-corrected chi connectivity index (χ4v) is 2.27. The lowest BCUT2D eigenvalue weighted by Gasteiger charge is -2.31. The van der Waals surface area contributed by atoms with Gasteiger partial charge in [-0.1, -0.05) is 11.6 Å². The second-order valence-corrected chi connectivity index (χ2v) is 4.91. The van der Waals surface area contributed by atoms with Crippen molar-refractivity contribution in [1.29, 1.82) is 0 Å². The zero-order valence-corrected chi connectivity index (χ0v) is 11.9. The van der Waals surface area contributed by atoms with Gasteiger partial charge in [0, 0.05) is 19.4 Å². The number of carbonyl (C=O) groups is 1. The van der Waals surface area contributed by atoms with Crippen LogP contribution in [0.1, 0.15) is 23.7 Å². The van der Waals surface area contributed by atoms with Gasteiger partial charge in [-0.25, -0.2) is 0 Å². The summed E-state index contributed by atoms with van der Waals surface area (Å²) in [5.41, 5.74) is -0.0992. The number of nitrogens with one attached hydrogen (secondary N) is 2. The van der Waals surface area contributed by atoms with E-state index in [0.29, 0.717) is 31.8 Å². The smallest absolute Gasteiger partial charge is 0.266 e. The molecule has 20 heavy (non-hydrogen) atoms. The summed E-state index contributed by atoms with van der Waals surface area (Å²) >= 11 is 5.71. The molecule has 2 rings (SSSR count). The third kappa shape index (κ3) is 3.59. The molecule has 6 nitrogen and oxygen atoms in total. The van der Waals surface area contributed by atoms with Gasteiger partial charge in [0.15, 0.2) is 0 Å². The molecular weight excluding hydrogens is 284 g/mol. The summed E-state index contributed by atoms with van der Waals surface area (Å²) in [6, 6.07) is 1.24. The fourth-order valence-electron chi connectivity index (χ4n) is 2.09. The highest BCUT2D eigenvalue weighted by Gasteiger charge is 2.28. The molecule has 1 aliphatic heterocycles. The van der Waals surface area contributed by atoms with E-state index in [4.69, 9.17) is 21.1 Å². The van der Waals surface area contributed by atoms with Crippen LogP contribution in [0, 0.1) is 0 Å². The Morgan fingerprint density at radius 3 is 3.15 bits per heavy atom. The first-order valence-electron chi connectivity index (χ1n) is 6.50. The molecule has 7 heteroatoms. The molecule has 0 bridgehead atoms. The Balaban J connectivity index is 2.05. The number of H-pyrrole nitrogens is 1. The van der Waals surface area contributed by atoms with Gasteiger partial charge in [-0.05, 0) is 19.4 Å². The van der Waals surface area contributed by atoms with Crippen LogP contribution in [-0.4, -0.2) is 42.9 Å². The first kappa shape index (κ1) is 15.0. The quantitative estimate of drug-likeness (QED) is 0.867. The first-order chi connectivity index (χ1) is 9.61. The number of halogens is 1. The van der Waals surface area contributed by atoms with E-state index >= 15 is 0 Å². The number of aromatic nitrogens is 1. The van der Waals surface area contributed by atoms with Gasteiger partial charge in [0.05, 0.1) is 18.2 Å². The van der Waals surface area contributed by atoms with Crippen molar-refractivity contribution in [2.45, 2.75) is 25.5 Å². The van der Waals surface area contributed by atoms with Crippen molar-refractivity contribution >= 4 is 17.5 Å². The van der Waals surface area contributed by atoms with Crippen LogP contribution in [0.4, 0.5) is 0 Å². The van der Waals surface area contributed by atoms with Gasteiger partial charge in [-0.2, -0.15) is 0 Å². The average Bonchev–Trinajstić information content (AvgIpc) is 2.44. The number of amides is 1. The van der Waals surface area contributed by atoms with Crippen molar-refractivity contribution in [1.82, 2.24) is 10.3 Å². The van der Waals surface area contributed by atoms with Gasteiger partial charge in [0.1, 0.15) is 11.1 Å². The Bertz CT molecular complexity index is 529. The maximum absolute atomic E-state index is 12.1. The molecule has 0 spiro atoms. The molecule has 1 saturated heterocycles. The number of rotatable bonds is 4. The minimum atomic E-state index is -0.415. The minimum absolute atomic E-state index is 0.00835. The molecule has 1 aromatic heterocycles. The summed E-state index contributed by atoms with van der Waals surface area (Å²) in [6.07, 6.45) is 1.88. The van der Waals surface area contributed by atoms with Crippen molar-refractivity contribution in [2.75, 3.05) is 19.8 Å². The van der Waals surface area contributed by atoms with Crippen molar-refractivity contribution in [3.63, 3.8) is 0 Å². The van der Waals surface area contributed by atoms with Crippen molar-refractivity contribution in [2.24, 2.45) is 0 Å². The lowest BCUT2D eigenvalue weighted by molar-refractivity contribution is -0.0632. The second kappa shape index (κ2) is 6.88. The van der Waals surface area contributed by atoms with Crippen LogP contribution in [0.5, 0.6) is 0 Å². The molecule has 1 amide bonds. The van der Waals surface area contributed by atoms with Gasteiger partial charge in [-0.3, -0.25) is 9.59 Å². The van der Waals surface area contributed by atoms with Gasteiger partial charge in [0.25, 0.3) is 11.5 Å². The summed E-state index contributed by atoms with van der Waals surface area (Å²) in [7, 11) is 0. The van der Waals surface area contributed by atoms with Gasteiger partial charge < -0.3 is 19.8 Å². The van der Waals surface area contributed by atoms with Crippen LogP contribution >= 0.6 is 11.6 Å². The highest BCUT2D eigenvalue weighted by molar-refractivity contribution is 6.30. The number of carbonyl (C=O) groups excluding carboxylic acids is 1. The van der Waals surface area contributed by atoms with Crippen molar-refractivity contribution < 1.29 is 14.3 Å². The molecule has 1 aromatic rings. The normalized spacial score (nSPS) is 22.5. The standard InChI is InChI=1S/C13H17ClN2O4/c1-2-20-11-7-19-4-3-10(11)16-12(17)8-5-9(14)13(18)15-6-8/h5-6,10-11H,2-4,7H2,1H3,(H,15,18)(H,16,17). The van der Waals surface area contributed by atoms with Gasteiger partial charge in [0.2, 0.25) is 0 Å². The van der Waals surface area contributed by atoms with E-state index in [0.717, 1.165) is 0 Å². The van der Waals surface area contributed by atoms with E-state index in [1.165, 1.54) is 12.3 Å². The maximum Gasteiger partial charge on any atom is 0.266 e. The summed E-state index contributed by atoms with van der Waals surface area (Å²) in [6.45, 7) is 3.51. The third-order valence-electron chi connectivity index (χ3n) is 3.12. The Labute approximate surface area is 121 Å². The molecular formula is C13H17ClN2O4. The Hall–Kier alpha value is -1.37. The van der Waals surface area contributed by atoms with E-state index in [1.807, 2.05) is 6.92 Å². The number of hydrogen-bond acceptors (Lipinski definition) is 4. The third-order valence-corrected chi connectivity index (χ3v) is 3.40. The number of pyridine rings is 1. The predicted molar refractivity (Wildman–Crippen MR) is 74.2 cm³/mol. The highest BCUT2D eigenvalue weighted by Crippen LogP contribution is 2.13. The summed E-state index contributed by atoms with van der Waals surface area (Å²) in [5, 5.41) is 2.88. The van der Waals surface area contributed by atoms with Gasteiger partial charge >= 0.3 is 0 Å². The average molecular weight is 301 g/mol. The SMILES string of the molecule is CCOC1COCCC1NC(=O)c1c[nH]c(=O)c(Cl)c1. The van der Waals surface area contributed by atoms with Crippen LogP contribution in [0.2, 0.25) is 5.02 Å². The molecule has 2 unspecified atom stereocenters. The van der Waals surface area contributed by atoms with Crippen LogP contribution in [0.3, 0.4) is 0 Å². The second-order valence-electron chi connectivity index (χ2n) is 4.50. The Kier molecular flexibility index (Phi) is 5.17. The van der Waals surface area contributed by atoms with E-state index in [1.54, 1.807) is 0 Å². The number of hydrogen-bond donors (Lipinski definition) is 2. The molecule has 2 heterocycles. The maximum atomic E-state index is 12.1. The first-order valence-corrected chi connectivity index (χ1v) is 6.88. The lowest BCUT2D eigenvalue weighted by atomic mass is 10.1. The van der Waals surface area contributed by atoms with E-state index in [9.17, 15) is 9.59 Å². The molecule has 110 valence electrons. The molecule has 1 fully saturated rings. The summed E-state index contributed by atoms with van der Waals surface area (Å²) < 4.78 is 10.9. The summed E-state index contributed by atoms with van der Waals surface area (Å²) in [5.74, 6) is -0.292.